The Morgan fingerprint density at radius 3 is 2.58 bits per heavy atom. The lowest BCUT2D eigenvalue weighted by Gasteiger charge is -2.16. The van der Waals surface area contributed by atoms with Gasteiger partial charge in [0.25, 0.3) is 0 Å². The standard InChI is InChI=1S/C19H21N5O2/c1-12-8-13(2)10-15(9-12)20-19(25)16(18-21-23-24-22-18)11-14-6-4-5-7-17(14)26-3/h4-10,16H,11H2,1-3H3,(H,20,25)(H,21,22,23,24)/t16-/m0/s1. The van der Waals surface area contributed by atoms with E-state index in [-0.39, 0.29) is 5.91 Å². The number of anilines is 1. The number of carbonyl (C=O) groups is 1. The zero-order valence-electron chi connectivity index (χ0n) is 15.0. The number of aromatic amines is 1. The summed E-state index contributed by atoms with van der Waals surface area (Å²) in [6.07, 6.45) is 0.403. The second kappa shape index (κ2) is 7.77. The van der Waals surface area contributed by atoms with Crippen LogP contribution >= 0.6 is 0 Å². The molecule has 0 saturated carbocycles. The number of nitrogens with one attached hydrogen (secondary N) is 2. The molecule has 0 saturated heterocycles. The molecular weight excluding hydrogens is 330 g/mol. The van der Waals surface area contributed by atoms with Crippen LogP contribution in [0.25, 0.3) is 0 Å². The van der Waals surface area contributed by atoms with E-state index in [2.05, 4.69) is 32.0 Å². The van der Waals surface area contributed by atoms with Gasteiger partial charge >= 0.3 is 0 Å². The Balaban J connectivity index is 1.87. The van der Waals surface area contributed by atoms with Crippen molar-refractivity contribution in [3.63, 3.8) is 0 Å². The fourth-order valence-electron chi connectivity index (χ4n) is 2.99. The molecule has 134 valence electrons. The second-order valence-corrected chi connectivity index (χ2v) is 6.20. The van der Waals surface area contributed by atoms with E-state index >= 15 is 0 Å². The van der Waals surface area contributed by atoms with Crippen molar-refractivity contribution in [2.45, 2.75) is 26.2 Å². The normalized spacial score (nSPS) is 11.8. The number of rotatable bonds is 6. The zero-order valence-corrected chi connectivity index (χ0v) is 15.0. The van der Waals surface area contributed by atoms with Crippen LogP contribution < -0.4 is 10.1 Å². The van der Waals surface area contributed by atoms with Crippen LogP contribution in [0.4, 0.5) is 5.69 Å². The average Bonchev–Trinajstić information content (AvgIpc) is 3.13. The number of amides is 1. The van der Waals surface area contributed by atoms with E-state index in [1.807, 2.05) is 50.2 Å². The number of nitrogens with zero attached hydrogens (tertiary/aromatic N) is 3. The Kier molecular flexibility index (Phi) is 5.26. The highest BCUT2D eigenvalue weighted by Crippen LogP contribution is 2.26. The highest BCUT2D eigenvalue weighted by atomic mass is 16.5. The van der Waals surface area contributed by atoms with E-state index in [1.165, 1.54) is 0 Å². The molecule has 0 bridgehead atoms. The fraction of sp³-hybridized carbons (Fsp3) is 0.263. The summed E-state index contributed by atoms with van der Waals surface area (Å²) in [6.45, 7) is 3.99. The molecule has 0 radical (unpaired) electrons. The van der Waals surface area contributed by atoms with Crippen LogP contribution in [-0.2, 0) is 11.2 Å². The highest BCUT2D eigenvalue weighted by molar-refractivity contribution is 5.95. The monoisotopic (exact) mass is 351 g/mol. The molecule has 3 rings (SSSR count). The van der Waals surface area contributed by atoms with Gasteiger partial charge in [-0.3, -0.25) is 4.79 Å². The number of methoxy groups -OCH3 is 1. The van der Waals surface area contributed by atoms with Crippen molar-refractivity contribution in [3.05, 3.63) is 65.0 Å². The molecule has 0 aliphatic rings. The summed E-state index contributed by atoms with van der Waals surface area (Å²) in [6, 6.07) is 13.5. The number of tetrazole rings is 1. The molecule has 1 amide bonds. The van der Waals surface area contributed by atoms with Crippen LogP contribution in [0.15, 0.2) is 42.5 Å². The molecule has 1 aromatic heterocycles. The maximum absolute atomic E-state index is 13.0. The van der Waals surface area contributed by atoms with Crippen molar-refractivity contribution in [1.82, 2.24) is 20.6 Å². The average molecular weight is 351 g/mol. The third-order valence-electron chi connectivity index (χ3n) is 4.10. The van der Waals surface area contributed by atoms with Crippen molar-refractivity contribution < 1.29 is 9.53 Å². The van der Waals surface area contributed by atoms with Crippen molar-refractivity contribution in [2.24, 2.45) is 0 Å². The molecule has 26 heavy (non-hydrogen) atoms. The number of H-pyrrole nitrogens is 1. The Morgan fingerprint density at radius 2 is 1.92 bits per heavy atom. The van der Waals surface area contributed by atoms with Gasteiger partial charge in [-0.2, -0.15) is 5.21 Å². The van der Waals surface area contributed by atoms with E-state index in [0.717, 1.165) is 28.1 Å². The minimum atomic E-state index is -0.592. The van der Waals surface area contributed by atoms with Crippen LogP contribution in [0.2, 0.25) is 0 Å². The molecule has 1 heterocycles. The lowest BCUT2D eigenvalue weighted by Crippen LogP contribution is -2.24. The van der Waals surface area contributed by atoms with Gasteiger partial charge in [-0.05, 0) is 55.2 Å². The van der Waals surface area contributed by atoms with Crippen molar-refractivity contribution in [3.8, 4) is 5.75 Å². The fourth-order valence-corrected chi connectivity index (χ4v) is 2.99. The number of aromatic nitrogens is 4. The van der Waals surface area contributed by atoms with Crippen molar-refractivity contribution in [2.75, 3.05) is 12.4 Å². The number of hydrogen-bond donors (Lipinski definition) is 2. The number of hydrogen-bond acceptors (Lipinski definition) is 5. The van der Waals surface area contributed by atoms with Crippen molar-refractivity contribution >= 4 is 11.6 Å². The third-order valence-corrected chi connectivity index (χ3v) is 4.10. The summed E-state index contributed by atoms with van der Waals surface area (Å²) in [5, 5.41) is 17.0. The van der Waals surface area contributed by atoms with Gasteiger partial charge in [0.1, 0.15) is 11.7 Å². The molecule has 0 aliphatic carbocycles. The van der Waals surface area contributed by atoms with Crippen molar-refractivity contribution in [1.29, 1.82) is 0 Å². The zero-order chi connectivity index (χ0) is 18.5. The summed E-state index contributed by atoms with van der Waals surface area (Å²) < 4.78 is 5.40. The van der Waals surface area contributed by atoms with Crippen LogP contribution in [0.5, 0.6) is 5.75 Å². The summed E-state index contributed by atoms with van der Waals surface area (Å²) in [7, 11) is 1.61. The van der Waals surface area contributed by atoms with Gasteiger partial charge in [0.2, 0.25) is 5.91 Å². The van der Waals surface area contributed by atoms with Gasteiger partial charge in [-0.15, -0.1) is 10.2 Å². The van der Waals surface area contributed by atoms with Gasteiger partial charge in [0.15, 0.2) is 5.82 Å². The number of carbonyl (C=O) groups excluding carboxylic acids is 1. The summed E-state index contributed by atoms with van der Waals surface area (Å²) in [5.41, 5.74) is 3.82. The molecule has 2 aromatic carbocycles. The Labute approximate surface area is 151 Å². The molecule has 1 atom stereocenters. The molecule has 0 fully saturated rings. The Morgan fingerprint density at radius 1 is 1.19 bits per heavy atom. The van der Waals surface area contributed by atoms with Crippen LogP contribution in [0.1, 0.15) is 28.4 Å². The van der Waals surface area contributed by atoms with E-state index in [1.54, 1.807) is 7.11 Å². The first kappa shape index (κ1) is 17.6. The van der Waals surface area contributed by atoms with Gasteiger partial charge in [0, 0.05) is 5.69 Å². The van der Waals surface area contributed by atoms with E-state index in [9.17, 15) is 4.79 Å². The summed E-state index contributed by atoms with van der Waals surface area (Å²) >= 11 is 0. The van der Waals surface area contributed by atoms with Gasteiger partial charge < -0.3 is 10.1 Å². The molecule has 0 spiro atoms. The van der Waals surface area contributed by atoms with E-state index in [4.69, 9.17) is 4.74 Å². The topological polar surface area (TPSA) is 92.8 Å². The second-order valence-electron chi connectivity index (χ2n) is 6.20. The first-order valence-electron chi connectivity index (χ1n) is 8.31. The minimum absolute atomic E-state index is 0.192. The van der Waals surface area contributed by atoms with E-state index in [0.29, 0.717) is 12.2 Å². The van der Waals surface area contributed by atoms with Gasteiger partial charge in [-0.1, -0.05) is 29.5 Å². The van der Waals surface area contributed by atoms with Gasteiger partial charge in [0.05, 0.1) is 7.11 Å². The van der Waals surface area contributed by atoms with Crippen LogP contribution in [0.3, 0.4) is 0 Å². The largest absolute Gasteiger partial charge is 0.496 e. The molecule has 0 unspecified atom stereocenters. The first-order chi connectivity index (χ1) is 12.6. The van der Waals surface area contributed by atoms with E-state index < -0.39 is 5.92 Å². The molecule has 7 heteroatoms. The number of para-hydroxylation sites is 1. The predicted molar refractivity (Wildman–Crippen MR) is 98.2 cm³/mol. The molecule has 0 aliphatic heterocycles. The molecular formula is C19H21N5O2. The Hall–Kier alpha value is -3.22. The number of aryl methyl sites for hydroxylation is 2. The maximum atomic E-state index is 13.0. The van der Waals surface area contributed by atoms with Crippen LogP contribution in [-0.4, -0.2) is 33.6 Å². The highest BCUT2D eigenvalue weighted by Gasteiger charge is 2.26. The third kappa shape index (κ3) is 4.05. The number of benzene rings is 2. The lowest BCUT2D eigenvalue weighted by molar-refractivity contribution is -0.117. The molecule has 2 N–H and O–H groups in total. The molecule has 7 nitrogen and oxygen atoms in total. The maximum Gasteiger partial charge on any atom is 0.235 e. The number of ether oxygens (including phenoxy) is 1. The summed E-state index contributed by atoms with van der Waals surface area (Å²) in [5.74, 6) is 0.283. The smallest absolute Gasteiger partial charge is 0.235 e. The predicted octanol–water partition coefficient (Wildman–Crippen LogP) is 2.79. The SMILES string of the molecule is COc1ccccc1C[C@H](C(=O)Nc1cc(C)cc(C)c1)c1nn[nH]n1. The quantitative estimate of drug-likeness (QED) is 0.712. The minimum Gasteiger partial charge on any atom is -0.496 e. The lowest BCUT2D eigenvalue weighted by atomic mass is 9.96. The van der Waals surface area contributed by atoms with Crippen LogP contribution in [0, 0.1) is 13.8 Å². The summed E-state index contributed by atoms with van der Waals surface area (Å²) in [4.78, 5) is 13.0. The van der Waals surface area contributed by atoms with Gasteiger partial charge in [-0.25, -0.2) is 0 Å². The Bertz CT molecular complexity index is 872. The first-order valence-corrected chi connectivity index (χ1v) is 8.31. The molecule has 3 aromatic rings.